The molecule has 0 aliphatic carbocycles. The zero-order chi connectivity index (χ0) is 70.5. The lowest BCUT2D eigenvalue weighted by Gasteiger charge is -2.21. The van der Waals surface area contributed by atoms with Crippen LogP contribution >= 0.6 is 15.6 Å². The van der Waals surface area contributed by atoms with Crippen LogP contribution < -0.4 is 0 Å². The first-order valence-corrected chi connectivity index (χ1v) is 43.1. The minimum absolute atomic E-state index is 0.108. The highest BCUT2D eigenvalue weighted by Gasteiger charge is 2.30. The summed E-state index contributed by atoms with van der Waals surface area (Å²) < 4.78 is 68.6. The van der Waals surface area contributed by atoms with Crippen molar-refractivity contribution in [2.24, 2.45) is 5.92 Å². The second kappa shape index (κ2) is 70.1. The number of phosphoric acid groups is 2. The highest BCUT2D eigenvalue weighted by molar-refractivity contribution is 7.47. The quantitative estimate of drug-likeness (QED) is 0.0222. The summed E-state index contributed by atoms with van der Waals surface area (Å²) in [5.74, 6) is -1.32. The summed E-state index contributed by atoms with van der Waals surface area (Å²) in [5.41, 5.74) is 0. The lowest BCUT2D eigenvalue weighted by atomic mass is 10.0. The maximum atomic E-state index is 13.1. The SMILES string of the molecule is CCCCCCCCCCCCCCCCCCC(=O)OC[C@H](COP(=O)(O)OC[C@@H](O)COP(=O)(O)OC[C@@H](COC(=O)CCCCCCCCCCCCCC)OC(=O)CCCCCCCCCCCCCC)OC(=O)CCCCCCCCCCCCCCCC(C)C. The molecule has 570 valence electrons. The van der Waals surface area contributed by atoms with Gasteiger partial charge in [-0.25, -0.2) is 9.13 Å². The van der Waals surface area contributed by atoms with Crippen LogP contribution in [0.25, 0.3) is 0 Å². The van der Waals surface area contributed by atoms with Crippen molar-refractivity contribution in [1.29, 1.82) is 0 Å². The third kappa shape index (κ3) is 70.5. The molecule has 96 heavy (non-hydrogen) atoms. The number of esters is 4. The molecule has 0 spiro atoms. The van der Waals surface area contributed by atoms with E-state index in [1.54, 1.807) is 0 Å². The molecule has 0 aliphatic rings. The number of carbonyl (C=O) groups excluding carboxylic acids is 4. The van der Waals surface area contributed by atoms with Crippen molar-refractivity contribution in [2.75, 3.05) is 39.6 Å². The fraction of sp³-hybridized carbons (Fsp3) is 0.948. The van der Waals surface area contributed by atoms with Gasteiger partial charge in [0, 0.05) is 25.7 Å². The van der Waals surface area contributed by atoms with Gasteiger partial charge in [-0.05, 0) is 31.6 Å². The van der Waals surface area contributed by atoms with Gasteiger partial charge in [-0.15, -0.1) is 0 Å². The topological polar surface area (TPSA) is 237 Å². The van der Waals surface area contributed by atoms with Crippen LogP contribution in [0.2, 0.25) is 0 Å². The maximum absolute atomic E-state index is 13.1. The number of ether oxygens (including phenoxy) is 4. The molecule has 2 unspecified atom stereocenters. The highest BCUT2D eigenvalue weighted by atomic mass is 31.2. The van der Waals surface area contributed by atoms with Crippen LogP contribution in [0.15, 0.2) is 0 Å². The monoisotopic (exact) mass is 1410 g/mol. The Hall–Kier alpha value is -1.94. The summed E-state index contributed by atoms with van der Waals surface area (Å²) in [7, 11) is -9.91. The van der Waals surface area contributed by atoms with Crippen molar-refractivity contribution in [3.8, 4) is 0 Å². The van der Waals surface area contributed by atoms with E-state index in [0.29, 0.717) is 25.7 Å². The fourth-order valence-corrected chi connectivity index (χ4v) is 13.5. The molecule has 0 heterocycles. The average Bonchev–Trinajstić information content (AvgIpc) is 1.15. The molecule has 5 atom stereocenters. The van der Waals surface area contributed by atoms with E-state index in [2.05, 4.69) is 34.6 Å². The van der Waals surface area contributed by atoms with E-state index < -0.39 is 97.5 Å². The molecule has 0 aromatic rings. The molecule has 3 N–H and O–H groups in total. The Bertz CT molecular complexity index is 1840. The van der Waals surface area contributed by atoms with Crippen molar-refractivity contribution in [3.63, 3.8) is 0 Å². The van der Waals surface area contributed by atoms with Gasteiger partial charge in [-0.1, -0.05) is 356 Å². The molecule has 0 aromatic heterocycles. The first-order valence-electron chi connectivity index (χ1n) is 40.1. The predicted molar refractivity (Wildman–Crippen MR) is 391 cm³/mol. The number of unbranched alkanes of at least 4 members (excludes halogenated alkanes) is 49. The third-order valence-corrected chi connectivity index (χ3v) is 19.9. The number of hydrogen-bond acceptors (Lipinski definition) is 15. The zero-order valence-electron chi connectivity index (χ0n) is 62.5. The van der Waals surface area contributed by atoms with Gasteiger partial charge in [0.1, 0.15) is 19.3 Å². The highest BCUT2D eigenvalue weighted by Crippen LogP contribution is 2.45. The summed E-state index contributed by atoms with van der Waals surface area (Å²) in [6, 6.07) is 0. The van der Waals surface area contributed by atoms with E-state index in [-0.39, 0.29) is 25.7 Å². The summed E-state index contributed by atoms with van der Waals surface area (Å²) in [4.78, 5) is 72.9. The van der Waals surface area contributed by atoms with Gasteiger partial charge in [-0.3, -0.25) is 37.3 Å². The Labute approximate surface area is 588 Å². The van der Waals surface area contributed by atoms with E-state index in [1.807, 2.05) is 0 Å². The second-order valence-electron chi connectivity index (χ2n) is 28.2. The van der Waals surface area contributed by atoms with Crippen LogP contribution in [-0.4, -0.2) is 96.7 Å². The molecule has 0 bridgehead atoms. The van der Waals surface area contributed by atoms with Crippen LogP contribution in [0, 0.1) is 5.92 Å². The molecule has 0 fully saturated rings. The van der Waals surface area contributed by atoms with Crippen LogP contribution in [0.3, 0.4) is 0 Å². The Kier molecular flexibility index (Phi) is 68.7. The largest absolute Gasteiger partial charge is 0.472 e. The lowest BCUT2D eigenvalue weighted by molar-refractivity contribution is -0.161. The first kappa shape index (κ1) is 94.1. The first-order chi connectivity index (χ1) is 46.5. The van der Waals surface area contributed by atoms with E-state index in [1.165, 1.54) is 231 Å². The number of aliphatic hydroxyl groups is 1. The number of rotatable bonds is 77. The molecular weight excluding hydrogens is 1260 g/mol. The molecule has 0 radical (unpaired) electrons. The molecule has 19 heteroatoms. The molecule has 17 nitrogen and oxygen atoms in total. The van der Waals surface area contributed by atoms with E-state index in [0.717, 1.165) is 95.8 Å². The van der Waals surface area contributed by atoms with Gasteiger partial charge in [0.2, 0.25) is 0 Å². The zero-order valence-corrected chi connectivity index (χ0v) is 64.3. The van der Waals surface area contributed by atoms with Crippen LogP contribution in [0.5, 0.6) is 0 Å². The van der Waals surface area contributed by atoms with Crippen LogP contribution in [0.4, 0.5) is 0 Å². The van der Waals surface area contributed by atoms with Crippen molar-refractivity contribution >= 4 is 39.5 Å². The number of aliphatic hydroxyl groups excluding tert-OH is 1. The summed E-state index contributed by atoms with van der Waals surface area (Å²) in [5, 5.41) is 10.6. The van der Waals surface area contributed by atoms with Gasteiger partial charge < -0.3 is 33.8 Å². The number of carbonyl (C=O) groups is 4. The normalized spacial score (nSPS) is 13.9. The van der Waals surface area contributed by atoms with E-state index in [9.17, 15) is 43.2 Å². The Morgan fingerprint density at radius 1 is 0.281 bits per heavy atom. The molecule has 0 rings (SSSR count). The van der Waals surface area contributed by atoms with Gasteiger partial charge in [0.25, 0.3) is 0 Å². The maximum Gasteiger partial charge on any atom is 0.472 e. The molecule has 0 aliphatic heterocycles. The smallest absolute Gasteiger partial charge is 0.462 e. The molecule has 0 saturated heterocycles. The van der Waals surface area contributed by atoms with Crippen molar-refractivity contribution in [2.45, 2.75) is 425 Å². The Morgan fingerprint density at radius 3 is 0.708 bits per heavy atom. The molecular formula is C77H150O17P2. The summed E-state index contributed by atoms with van der Waals surface area (Å²) in [6.07, 6.45) is 59.4. The van der Waals surface area contributed by atoms with Crippen molar-refractivity contribution in [1.82, 2.24) is 0 Å². The molecule has 0 amide bonds. The fourth-order valence-electron chi connectivity index (χ4n) is 11.9. The third-order valence-electron chi connectivity index (χ3n) is 18.0. The van der Waals surface area contributed by atoms with Crippen molar-refractivity contribution < 1.29 is 80.2 Å². The van der Waals surface area contributed by atoms with E-state index >= 15 is 0 Å². The summed E-state index contributed by atoms with van der Waals surface area (Å²) in [6.45, 7) is 7.32. The van der Waals surface area contributed by atoms with Crippen molar-refractivity contribution in [3.05, 3.63) is 0 Å². The minimum Gasteiger partial charge on any atom is -0.462 e. The lowest BCUT2D eigenvalue weighted by Crippen LogP contribution is -2.30. The van der Waals surface area contributed by atoms with Gasteiger partial charge in [0.15, 0.2) is 12.2 Å². The number of phosphoric ester groups is 2. The average molecular weight is 1410 g/mol. The Morgan fingerprint density at radius 2 is 0.479 bits per heavy atom. The van der Waals surface area contributed by atoms with Crippen LogP contribution in [-0.2, 0) is 65.4 Å². The van der Waals surface area contributed by atoms with E-state index in [4.69, 9.17) is 37.0 Å². The van der Waals surface area contributed by atoms with Gasteiger partial charge >= 0.3 is 39.5 Å². The van der Waals surface area contributed by atoms with Gasteiger partial charge in [-0.2, -0.15) is 0 Å². The minimum atomic E-state index is -4.96. The molecule has 0 aromatic carbocycles. The standard InChI is InChI=1S/C77H150O17P2/c1-6-9-12-15-18-21-24-27-28-29-32-37-41-46-51-56-61-75(80)88-67-73(94-77(82)63-58-53-48-43-38-33-30-31-34-39-44-49-54-59-70(4)5)69-92-96(85,86)90-65-71(78)64-89-95(83,84)91-68-72(93-76(81)62-57-52-47-42-36-26-23-20-17-14-11-8-3)66-87-74(79)60-55-50-45-40-35-25-22-19-16-13-10-7-2/h70-73,78H,6-69H2,1-5H3,(H,83,84)(H,85,86)/t71-,72+,73+/m0/s1. The predicted octanol–water partition coefficient (Wildman–Crippen LogP) is 22.9. The summed E-state index contributed by atoms with van der Waals surface area (Å²) >= 11 is 0. The second-order valence-corrected chi connectivity index (χ2v) is 31.1. The molecule has 0 saturated carbocycles. The Balaban J connectivity index is 5.25. The van der Waals surface area contributed by atoms with Gasteiger partial charge in [0.05, 0.1) is 26.4 Å². The van der Waals surface area contributed by atoms with Crippen LogP contribution in [0.1, 0.15) is 407 Å². The number of hydrogen-bond donors (Lipinski definition) is 3.